The number of anilines is 1. The summed E-state index contributed by atoms with van der Waals surface area (Å²) in [5, 5.41) is 8.94. The van der Waals surface area contributed by atoms with E-state index >= 15 is 0 Å². The van der Waals surface area contributed by atoms with E-state index in [0.717, 1.165) is 18.4 Å². The lowest BCUT2D eigenvalue weighted by Gasteiger charge is -2.18. The quantitative estimate of drug-likeness (QED) is 0.540. The fourth-order valence-electron chi connectivity index (χ4n) is 4.16. The molecule has 3 aliphatic rings. The van der Waals surface area contributed by atoms with Crippen molar-refractivity contribution in [1.29, 1.82) is 0 Å². The first-order valence-corrected chi connectivity index (χ1v) is 8.85. The van der Waals surface area contributed by atoms with Gasteiger partial charge < -0.3 is 20.7 Å². The van der Waals surface area contributed by atoms with Gasteiger partial charge in [0.1, 0.15) is 0 Å². The van der Waals surface area contributed by atoms with E-state index in [1.54, 1.807) is 6.08 Å². The number of amides is 2. The maximum absolute atomic E-state index is 12.3. The van der Waals surface area contributed by atoms with Crippen molar-refractivity contribution in [2.75, 3.05) is 12.4 Å². The zero-order valence-electron chi connectivity index (χ0n) is 14.9. The Hall–Kier alpha value is -2.38. The SMILES string of the molecule is COC(=O)C1=CCC(NC(=O)C(=O)Nc2cccc3c2C2CCC3N2)C1.Cl. The first-order chi connectivity index (χ1) is 12.6. The van der Waals surface area contributed by atoms with Gasteiger partial charge in [0.2, 0.25) is 0 Å². The number of nitrogens with one attached hydrogen (secondary N) is 3. The molecular weight excluding hydrogens is 370 g/mol. The number of hydrogen-bond acceptors (Lipinski definition) is 5. The number of carbonyl (C=O) groups excluding carboxylic acids is 3. The molecule has 144 valence electrons. The van der Waals surface area contributed by atoms with Crippen molar-refractivity contribution < 1.29 is 19.1 Å². The molecule has 4 rings (SSSR count). The van der Waals surface area contributed by atoms with Crippen molar-refractivity contribution in [3.05, 3.63) is 41.0 Å². The second kappa shape index (κ2) is 7.70. The molecule has 2 amide bonds. The number of halogens is 1. The molecular formula is C19H22ClN3O4. The minimum atomic E-state index is -0.691. The van der Waals surface area contributed by atoms with Crippen LogP contribution in [0.25, 0.3) is 0 Å². The standard InChI is InChI=1S/C19H21N3O4.ClH/c1-26-19(25)10-5-6-11(9-10)20-17(23)18(24)22-14-4-2-3-12-13-7-8-15(21-13)16(12)14;/h2-5,11,13,15,21H,6-9H2,1H3,(H,20,23)(H,22,24);1H. The van der Waals surface area contributed by atoms with Gasteiger partial charge in [-0.1, -0.05) is 18.2 Å². The molecule has 2 bridgehead atoms. The smallest absolute Gasteiger partial charge is 0.333 e. The molecule has 27 heavy (non-hydrogen) atoms. The Morgan fingerprint density at radius 3 is 2.70 bits per heavy atom. The van der Waals surface area contributed by atoms with Crippen LogP contribution in [0.3, 0.4) is 0 Å². The van der Waals surface area contributed by atoms with Crippen molar-refractivity contribution in [3.8, 4) is 0 Å². The minimum absolute atomic E-state index is 0. The van der Waals surface area contributed by atoms with Crippen LogP contribution in [0, 0.1) is 0 Å². The molecule has 2 aliphatic heterocycles. The Labute approximate surface area is 163 Å². The van der Waals surface area contributed by atoms with Gasteiger partial charge in [-0.25, -0.2) is 4.79 Å². The van der Waals surface area contributed by atoms with Crippen molar-refractivity contribution in [1.82, 2.24) is 10.6 Å². The van der Waals surface area contributed by atoms with Gasteiger partial charge >= 0.3 is 17.8 Å². The topological polar surface area (TPSA) is 96.5 Å². The second-order valence-electron chi connectivity index (χ2n) is 6.94. The summed E-state index contributed by atoms with van der Waals surface area (Å²) in [6.07, 6.45) is 4.77. The van der Waals surface area contributed by atoms with E-state index in [9.17, 15) is 14.4 Å². The van der Waals surface area contributed by atoms with E-state index in [1.165, 1.54) is 12.7 Å². The van der Waals surface area contributed by atoms with E-state index in [1.807, 2.05) is 12.1 Å². The molecule has 3 atom stereocenters. The highest BCUT2D eigenvalue weighted by Gasteiger charge is 2.38. The summed E-state index contributed by atoms with van der Waals surface area (Å²) in [5.41, 5.74) is 3.53. The van der Waals surface area contributed by atoms with Gasteiger partial charge in [0.05, 0.1) is 7.11 Å². The van der Waals surface area contributed by atoms with Crippen LogP contribution in [0.4, 0.5) is 5.69 Å². The summed E-state index contributed by atoms with van der Waals surface area (Å²) < 4.78 is 4.68. The molecule has 1 aromatic carbocycles. The number of benzene rings is 1. The molecule has 2 heterocycles. The van der Waals surface area contributed by atoms with Crippen LogP contribution in [-0.2, 0) is 19.1 Å². The highest BCUT2D eigenvalue weighted by Crippen LogP contribution is 2.47. The summed E-state index contributed by atoms with van der Waals surface area (Å²) in [6, 6.07) is 6.14. The Balaban J connectivity index is 0.00000210. The van der Waals surface area contributed by atoms with Gasteiger partial charge in [0, 0.05) is 29.4 Å². The van der Waals surface area contributed by atoms with Gasteiger partial charge in [-0.3, -0.25) is 9.59 Å². The van der Waals surface area contributed by atoms with Crippen molar-refractivity contribution >= 4 is 35.9 Å². The maximum Gasteiger partial charge on any atom is 0.333 e. The fourth-order valence-corrected chi connectivity index (χ4v) is 4.16. The number of esters is 1. The van der Waals surface area contributed by atoms with E-state index in [2.05, 4.69) is 26.8 Å². The third kappa shape index (κ3) is 3.57. The Morgan fingerprint density at radius 2 is 1.93 bits per heavy atom. The lowest BCUT2D eigenvalue weighted by Crippen LogP contribution is -2.41. The van der Waals surface area contributed by atoms with Crippen LogP contribution in [0.1, 0.15) is 48.9 Å². The molecule has 0 radical (unpaired) electrons. The average Bonchev–Trinajstić information content (AvgIpc) is 3.37. The number of rotatable bonds is 3. The Morgan fingerprint density at radius 1 is 1.15 bits per heavy atom. The van der Waals surface area contributed by atoms with E-state index in [-0.39, 0.29) is 24.5 Å². The first-order valence-electron chi connectivity index (χ1n) is 8.85. The first kappa shape index (κ1) is 19.4. The molecule has 1 aromatic rings. The molecule has 0 spiro atoms. The van der Waals surface area contributed by atoms with Crippen LogP contribution in [0.2, 0.25) is 0 Å². The average molecular weight is 392 g/mol. The molecule has 7 nitrogen and oxygen atoms in total. The summed E-state index contributed by atoms with van der Waals surface area (Å²) >= 11 is 0. The predicted octanol–water partition coefficient (Wildman–Crippen LogP) is 1.90. The number of ether oxygens (including phenoxy) is 1. The second-order valence-corrected chi connectivity index (χ2v) is 6.94. The Bertz CT molecular complexity index is 823. The van der Waals surface area contributed by atoms with E-state index in [4.69, 9.17) is 0 Å². The molecule has 1 fully saturated rings. The zero-order valence-corrected chi connectivity index (χ0v) is 15.7. The normalized spacial score (nSPS) is 24.5. The van der Waals surface area contributed by atoms with Crippen molar-refractivity contribution in [2.45, 2.75) is 43.8 Å². The fraction of sp³-hybridized carbons (Fsp3) is 0.421. The third-order valence-corrected chi connectivity index (χ3v) is 5.36. The summed E-state index contributed by atoms with van der Waals surface area (Å²) in [6.45, 7) is 0. The molecule has 0 saturated carbocycles. The molecule has 3 N–H and O–H groups in total. The molecule has 3 unspecified atom stereocenters. The van der Waals surface area contributed by atoms with Crippen LogP contribution in [0.15, 0.2) is 29.8 Å². The zero-order chi connectivity index (χ0) is 18.3. The number of fused-ring (bicyclic) bond motifs is 5. The van der Waals surface area contributed by atoms with Crippen molar-refractivity contribution in [2.24, 2.45) is 0 Å². The highest BCUT2D eigenvalue weighted by molar-refractivity contribution is 6.39. The monoisotopic (exact) mass is 391 g/mol. The summed E-state index contributed by atoms with van der Waals surface area (Å²) in [5.74, 6) is -1.77. The molecule has 1 saturated heterocycles. The van der Waals surface area contributed by atoms with Crippen LogP contribution < -0.4 is 16.0 Å². The summed E-state index contributed by atoms with van der Waals surface area (Å²) in [7, 11) is 1.32. The van der Waals surface area contributed by atoms with Gasteiger partial charge in [-0.05, 0) is 42.9 Å². The Kier molecular flexibility index (Phi) is 5.53. The third-order valence-electron chi connectivity index (χ3n) is 5.36. The lowest BCUT2D eigenvalue weighted by molar-refractivity contribution is -0.137. The van der Waals surface area contributed by atoms with Gasteiger partial charge in [-0.15, -0.1) is 12.4 Å². The molecule has 0 aromatic heterocycles. The minimum Gasteiger partial charge on any atom is -0.466 e. The number of carbonyl (C=O) groups is 3. The molecule has 1 aliphatic carbocycles. The maximum atomic E-state index is 12.3. The van der Waals surface area contributed by atoms with Gasteiger partial charge in [0.25, 0.3) is 0 Å². The predicted molar refractivity (Wildman–Crippen MR) is 101 cm³/mol. The van der Waals surface area contributed by atoms with Gasteiger partial charge in [0.15, 0.2) is 0 Å². The van der Waals surface area contributed by atoms with Gasteiger partial charge in [-0.2, -0.15) is 0 Å². The van der Waals surface area contributed by atoms with E-state index < -0.39 is 17.8 Å². The number of hydrogen-bond donors (Lipinski definition) is 3. The summed E-state index contributed by atoms with van der Waals surface area (Å²) in [4.78, 5) is 36.1. The number of methoxy groups -OCH3 is 1. The molecule has 8 heteroatoms. The van der Waals surface area contributed by atoms with Crippen molar-refractivity contribution in [3.63, 3.8) is 0 Å². The van der Waals surface area contributed by atoms with Crippen LogP contribution in [0.5, 0.6) is 0 Å². The van der Waals surface area contributed by atoms with E-state index in [0.29, 0.717) is 30.1 Å². The van der Waals surface area contributed by atoms with Crippen LogP contribution in [-0.4, -0.2) is 30.9 Å². The highest BCUT2D eigenvalue weighted by atomic mass is 35.5. The van der Waals surface area contributed by atoms with Crippen LogP contribution >= 0.6 is 12.4 Å². The lowest BCUT2D eigenvalue weighted by atomic mass is 9.90. The largest absolute Gasteiger partial charge is 0.466 e.